The van der Waals surface area contributed by atoms with Gasteiger partial charge in [-0.25, -0.2) is 5.84 Å². The molecular formula is C3H8N2O2. The fourth-order valence-electron chi connectivity index (χ4n) is 0.130. The second-order valence-electron chi connectivity index (χ2n) is 0.935. The Morgan fingerprint density at radius 3 is 2.71 bits per heavy atom. The first-order valence-electron chi connectivity index (χ1n) is 1.94. The van der Waals surface area contributed by atoms with Crippen molar-refractivity contribution in [2.75, 3.05) is 6.54 Å². The zero-order valence-electron chi connectivity index (χ0n) is 4.13. The van der Waals surface area contributed by atoms with Crippen LogP contribution >= 0.6 is 0 Å². The molecule has 0 spiro atoms. The van der Waals surface area contributed by atoms with Crippen LogP contribution in [0.4, 0.5) is 0 Å². The molecule has 0 aliphatic rings. The lowest BCUT2D eigenvalue weighted by Crippen LogP contribution is -2.29. The summed E-state index contributed by atoms with van der Waals surface area (Å²) in [6.45, 7) is 2.55. The molecule has 0 saturated heterocycles. The third-order valence-electron chi connectivity index (χ3n) is 0.490. The van der Waals surface area contributed by atoms with Crippen molar-refractivity contribution >= 4 is 6.47 Å². The lowest BCUT2D eigenvalue weighted by molar-refractivity contribution is -0.173. The Hall–Kier alpha value is -0.610. The molecule has 0 heterocycles. The van der Waals surface area contributed by atoms with E-state index in [0.29, 0.717) is 6.54 Å². The molecule has 4 nitrogen and oxygen atoms in total. The predicted octanol–water partition coefficient (Wildman–Crippen LogP) is -0.730. The Labute approximate surface area is 41.8 Å². The third kappa shape index (κ3) is 3.21. The Balaban J connectivity index is 2.98. The van der Waals surface area contributed by atoms with E-state index in [-0.39, 0.29) is 6.47 Å². The van der Waals surface area contributed by atoms with E-state index in [2.05, 4.69) is 4.84 Å². The summed E-state index contributed by atoms with van der Waals surface area (Å²) in [5, 5.41) is 0.938. The van der Waals surface area contributed by atoms with Crippen LogP contribution in [0.5, 0.6) is 0 Å². The van der Waals surface area contributed by atoms with Crippen molar-refractivity contribution in [1.82, 2.24) is 5.17 Å². The van der Waals surface area contributed by atoms with Gasteiger partial charge in [-0.3, -0.25) is 4.79 Å². The summed E-state index contributed by atoms with van der Waals surface area (Å²) in [7, 11) is 0. The highest BCUT2D eigenvalue weighted by Gasteiger charge is 1.87. The van der Waals surface area contributed by atoms with Gasteiger partial charge in [0.25, 0.3) is 0 Å². The molecule has 2 N–H and O–H groups in total. The zero-order chi connectivity index (χ0) is 5.70. The molecule has 0 unspecified atom stereocenters. The van der Waals surface area contributed by atoms with Crippen molar-refractivity contribution < 1.29 is 9.63 Å². The summed E-state index contributed by atoms with van der Waals surface area (Å²) in [6.07, 6.45) is 0. The van der Waals surface area contributed by atoms with Gasteiger partial charge in [-0.2, -0.15) is 0 Å². The molecule has 0 bridgehead atoms. The van der Waals surface area contributed by atoms with Crippen molar-refractivity contribution in [2.45, 2.75) is 6.92 Å². The molecule has 0 radical (unpaired) electrons. The van der Waals surface area contributed by atoms with Crippen molar-refractivity contribution in [3.8, 4) is 0 Å². The van der Waals surface area contributed by atoms with Crippen molar-refractivity contribution in [2.24, 2.45) is 5.84 Å². The predicted molar refractivity (Wildman–Crippen MR) is 23.7 cm³/mol. The van der Waals surface area contributed by atoms with Crippen LogP contribution in [0, 0.1) is 0 Å². The van der Waals surface area contributed by atoms with Crippen molar-refractivity contribution in [1.29, 1.82) is 0 Å². The Kier molecular flexibility index (Phi) is 3.26. The zero-order valence-corrected chi connectivity index (χ0v) is 4.13. The molecule has 0 saturated carbocycles. The van der Waals surface area contributed by atoms with Gasteiger partial charge in [-0.15, -0.1) is 0 Å². The first kappa shape index (κ1) is 6.39. The number of hydroxylamine groups is 1. The summed E-state index contributed by atoms with van der Waals surface area (Å²) in [4.78, 5) is 13.6. The van der Waals surface area contributed by atoms with Gasteiger partial charge in [0.15, 0.2) is 0 Å². The average molecular weight is 104 g/mol. The van der Waals surface area contributed by atoms with E-state index in [9.17, 15) is 4.79 Å². The molecule has 0 aromatic carbocycles. The smallest absolute Gasteiger partial charge is 0.314 e. The standard InChI is InChI=1S/C3H8N2O2/c1-2-5(4)7-3-6/h3H,2,4H2,1H3. The maximum absolute atomic E-state index is 9.43. The molecule has 0 atom stereocenters. The highest BCUT2D eigenvalue weighted by atomic mass is 16.7. The van der Waals surface area contributed by atoms with Crippen molar-refractivity contribution in [3.05, 3.63) is 0 Å². The lowest BCUT2D eigenvalue weighted by atomic mass is 10.8. The molecule has 0 aromatic heterocycles. The van der Waals surface area contributed by atoms with Crippen LogP contribution in [0.3, 0.4) is 0 Å². The summed E-state index contributed by atoms with van der Waals surface area (Å²) in [6, 6.07) is 0. The molecule has 0 aromatic rings. The first-order valence-corrected chi connectivity index (χ1v) is 1.94. The highest BCUT2D eigenvalue weighted by Crippen LogP contribution is 1.70. The molecule has 0 rings (SSSR count). The third-order valence-corrected chi connectivity index (χ3v) is 0.490. The molecule has 0 aliphatic heterocycles. The Morgan fingerprint density at radius 1 is 2.00 bits per heavy atom. The second-order valence-corrected chi connectivity index (χ2v) is 0.935. The Morgan fingerprint density at radius 2 is 2.57 bits per heavy atom. The number of rotatable bonds is 3. The molecule has 7 heavy (non-hydrogen) atoms. The van der Waals surface area contributed by atoms with Gasteiger partial charge in [-0.1, -0.05) is 5.17 Å². The van der Waals surface area contributed by atoms with E-state index in [1.54, 1.807) is 6.92 Å². The molecule has 0 aliphatic carbocycles. The topological polar surface area (TPSA) is 55.6 Å². The van der Waals surface area contributed by atoms with Crippen molar-refractivity contribution in [3.63, 3.8) is 0 Å². The number of carbonyl (C=O) groups is 1. The summed E-state index contributed by atoms with van der Waals surface area (Å²) < 4.78 is 0. The van der Waals surface area contributed by atoms with Crippen LogP contribution in [-0.4, -0.2) is 18.2 Å². The monoisotopic (exact) mass is 104 g/mol. The fourth-order valence-corrected chi connectivity index (χ4v) is 0.130. The quantitative estimate of drug-likeness (QED) is 0.291. The molecular weight excluding hydrogens is 96.0 g/mol. The van der Waals surface area contributed by atoms with E-state index in [1.807, 2.05) is 0 Å². The van der Waals surface area contributed by atoms with E-state index >= 15 is 0 Å². The van der Waals surface area contributed by atoms with Gasteiger partial charge in [0, 0.05) is 6.54 Å². The molecule has 42 valence electrons. The number of hydrazine groups is 1. The molecule has 0 fully saturated rings. The number of nitrogens with zero attached hydrogens (tertiary/aromatic N) is 1. The van der Waals surface area contributed by atoms with Crippen LogP contribution in [0.1, 0.15) is 6.92 Å². The van der Waals surface area contributed by atoms with E-state index in [4.69, 9.17) is 5.84 Å². The van der Waals surface area contributed by atoms with Gasteiger partial charge in [0.05, 0.1) is 0 Å². The summed E-state index contributed by atoms with van der Waals surface area (Å²) >= 11 is 0. The second kappa shape index (κ2) is 3.58. The maximum Gasteiger partial charge on any atom is 0.314 e. The summed E-state index contributed by atoms with van der Waals surface area (Å²) in [5.41, 5.74) is 0. The fraction of sp³-hybridized carbons (Fsp3) is 0.667. The van der Waals surface area contributed by atoms with Gasteiger partial charge < -0.3 is 4.84 Å². The van der Waals surface area contributed by atoms with E-state index < -0.39 is 0 Å². The van der Waals surface area contributed by atoms with Crippen LogP contribution in [0.25, 0.3) is 0 Å². The SMILES string of the molecule is CCN(N)OC=O. The highest BCUT2D eigenvalue weighted by molar-refractivity contribution is 5.36. The minimum absolute atomic E-state index is 0.281. The minimum atomic E-state index is 0.281. The van der Waals surface area contributed by atoms with Gasteiger partial charge in [0.2, 0.25) is 0 Å². The minimum Gasteiger partial charge on any atom is -0.356 e. The molecule has 4 heteroatoms. The van der Waals surface area contributed by atoms with E-state index in [0.717, 1.165) is 5.17 Å². The summed E-state index contributed by atoms with van der Waals surface area (Å²) in [5.74, 6) is 4.96. The van der Waals surface area contributed by atoms with Crippen LogP contribution < -0.4 is 5.84 Å². The van der Waals surface area contributed by atoms with Crippen LogP contribution in [0.2, 0.25) is 0 Å². The van der Waals surface area contributed by atoms with Gasteiger partial charge in [0.1, 0.15) is 0 Å². The number of hydrogen-bond acceptors (Lipinski definition) is 4. The Bertz CT molecular complexity index is 56.9. The maximum atomic E-state index is 9.43. The average Bonchev–Trinajstić information content (AvgIpc) is 1.68. The normalized spacial score (nSPS) is 9.00. The van der Waals surface area contributed by atoms with Gasteiger partial charge in [-0.05, 0) is 6.92 Å². The van der Waals surface area contributed by atoms with Crippen LogP contribution in [-0.2, 0) is 9.63 Å². The largest absolute Gasteiger partial charge is 0.356 e. The number of carbonyl (C=O) groups excluding carboxylic acids is 1. The number of hydrogen-bond donors (Lipinski definition) is 1. The lowest BCUT2D eigenvalue weighted by Gasteiger charge is -2.06. The molecule has 0 amide bonds. The first-order chi connectivity index (χ1) is 3.31. The van der Waals surface area contributed by atoms with Gasteiger partial charge >= 0.3 is 6.47 Å². The van der Waals surface area contributed by atoms with E-state index in [1.165, 1.54) is 0 Å². The number of nitrogens with two attached hydrogens (primary N) is 1. The van der Waals surface area contributed by atoms with Crippen LogP contribution in [0.15, 0.2) is 0 Å².